The molecule has 0 aromatic heterocycles. The molecule has 92 valence electrons. The summed E-state index contributed by atoms with van der Waals surface area (Å²) >= 11 is 9.76. The van der Waals surface area contributed by atoms with Crippen molar-refractivity contribution in [1.29, 1.82) is 0 Å². The van der Waals surface area contributed by atoms with Crippen LogP contribution in [0.4, 0.5) is 0 Å². The minimum Gasteiger partial charge on any atom is -0.465 e. The second kappa shape index (κ2) is 6.67. The summed E-state index contributed by atoms with van der Waals surface area (Å²) in [6.45, 7) is 1.99. The number of thiol groups is 1. The molecule has 1 atom stereocenters. The Morgan fingerprint density at radius 3 is 2.47 bits per heavy atom. The molecule has 0 saturated carbocycles. The number of hydrogen-bond acceptors (Lipinski definition) is 4. The van der Waals surface area contributed by atoms with Gasteiger partial charge in [-0.2, -0.15) is 12.6 Å². The van der Waals surface area contributed by atoms with Crippen LogP contribution in [0.3, 0.4) is 0 Å². The molecule has 17 heavy (non-hydrogen) atoms. The highest BCUT2D eigenvalue weighted by atomic mass is 35.5. The molecule has 0 fully saturated rings. The molecule has 0 aliphatic heterocycles. The molecule has 5 heteroatoms. The summed E-state index contributed by atoms with van der Waals surface area (Å²) in [5, 5.41) is -0.160. The summed E-state index contributed by atoms with van der Waals surface area (Å²) in [6.07, 6.45) is 0.0174. The number of carbonyl (C=O) groups excluding carboxylic acids is 2. The van der Waals surface area contributed by atoms with Gasteiger partial charge in [-0.25, -0.2) is 0 Å². The van der Waals surface area contributed by atoms with Crippen molar-refractivity contribution in [1.82, 2.24) is 0 Å². The van der Waals surface area contributed by atoms with Crippen molar-refractivity contribution < 1.29 is 14.3 Å². The molecule has 0 amide bonds. The molecule has 1 aromatic rings. The smallest absolute Gasteiger partial charge is 0.319 e. The van der Waals surface area contributed by atoms with Gasteiger partial charge in [-0.1, -0.05) is 11.6 Å². The fraction of sp³-hybridized carbons (Fsp3) is 0.333. The number of carbonyl (C=O) groups is 2. The molecule has 3 nitrogen and oxygen atoms in total. The van der Waals surface area contributed by atoms with Crippen LogP contribution in [0.25, 0.3) is 0 Å². The van der Waals surface area contributed by atoms with Crippen LogP contribution in [0.5, 0.6) is 0 Å². The predicted molar refractivity (Wildman–Crippen MR) is 69.8 cm³/mol. The summed E-state index contributed by atoms with van der Waals surface area (Å²) in [7, 11) is 0. The zero-order valence-electron chi connectivity index (χ0n) is 9.35. The van der Waals surface area contributed by atoms with E-state index in [0.717, 1.165) is 0 Å². The van der Waals surface area contributed by atoms with Crippen LogP contribution in [-0.4, -0.2) is 23.6 Å². The monoisotopic (exact) mass is 272 g/mol. The van der Waals surface area contributed by atoms with E-state index in [1.807, 2.05) is 0 Å². The molecule has 0 radical (unpaired) electrons. The highest BCUT2D eigenvalue weighted by Gasteiger charge is 2.19. The van der Waals surface area contributed by atoms with Gasteiger partial charge in [0, 0.05) is 17.0 Å². The molecule has 0 heterocycles. The van der Waals surface area contributed by atoms with Crippen LogP contribution in [0.2, 0.25) is 5.02 Å². The number of Topliss-reactive ketones (excluding diaryl/α,β-unsaturated/α-hetero) is 1. The van der Waals surface area contributed by atoms with Crippen molar-refractivity contribution in [2.45, 2.75) is 18.6 Å². The first-order valence-electron chi connectivity index (χ1n) is 5.18. The van der Waals surface area contributed by atoms with E-state index in [1.165, 1.54) is 0 Å². The first-order chi connectivity index (χ1) is 8.04. The number of hydrogen-bond donors (Lipinski definition) is 1. The number of ether oxygens (including phenoxy) is 1. The molecule has 1 unspecified atom stereocenters. The van der Waals surface area contributed by atoms with Crippen molar-refractivity contribution in [3.05, 3.63) is 34.9 Å². The quantitative estimate of drug-likeness (QED) is 0.509. The van der Waals surface area contributed by atoms with E-state index in [2.05, 4.69) is 12.6 Å². The normalized spacial score (nSPS) is 11.9. The van der Waals surface area contributed by atoms with Gasteiger partial charge in [0.1, 0.15) is 5.25 Å². The van der Waals surface area contributed by atoms with Crippen LogP contribution < -0.4 is 0 Å². The van der Waals surface area contributed by atoms with E-state index in [9.17, 15) is 9.59 Å². The predicted octanol–water partition coefficient (Wildman–Crippen LogP) is 2.77. The Morgan fingerprint density at radius 1 is 1.35 bits per heavy atom. The highest BCUT2D eigenvalue weighted by molar-refractivity contribution is 7.81. The van der Waals surface area contributed by atoms with Gasteiger partial charge in [0.25, 0.3) is 0 Å². The molecule has 0 bridgehead atoms. The first-order valence-corrected chi connectivity index (χ1v) is 6.07. The molecule has 1 rings (SSSR count). The number of rotatable bonds is 5. The van der Waals surface area contributed by atoms with E-state index in [0.29, 0.717) is 10.6 Å². The highest BCUT2D eigenvalue weighted by Crippen LogP contribution is 2.14. The van der Waals surface area contributed by atoms with Gasteiger partial charge in [-0.3, -0.25) is 9.59 Å². The van der Waals surface area contributed by atoms with Crippen molar-refractivity contribution in [2.24, 2.45) is 0 Å². The summed E-state index contributed by atoms with van der Waals surface area (Å²) in [5.74, 6) is -0.632. The maximum absolute atomic E-state index is 11.8. The zero-order valence-corrected chi connectivity index (χ0v) is 11.0. The lowest BCUT2D eigenvalue weighted by molar-refractivity contribution is -0.142. The van der Waals surface area contributed by atoms with Crippen LogP contribution >= 0.6 is 24.2 Å². The fourth-order valence-electron chi connectivity index (χ4n) is 1.25. The van der Waals surface area contributed by atoms with E-state index in [1.54, 1.807) is 31.2 Å². The van der Waals surface area contributed by atoms with E-state index >= 15 is 0 Å². The Morgan fingerprint density at radius 2 is 1.94 bits per heavy atom. The average molecular weight is 273 g/mol. The molecule has 0 aliphatic rings. The minimum atomic E-state index is -0.724. The van der Waals surface area contributed by atoms with E-state index < -0.39 is 11.2 Å². The molecule has 0 N–H and O–H groups in total. The summed E-state index contributed by atoms with van der Waals surface area (Å²) < 4.78 is 4.77. The third kappa shape index (κ3) is 4.40. The second-order valence-corrected chi connectivity index (χ2v) is 4.46. The van der Waals surface area contributed by atoms with E-state index in [4.69, 9.17) is 16.3 Å². The zero-order chi connectivity index (χ0) is 12.8. The van der Waals surface area contributed by atoms with Gasteiger partial charge in [0.15, 0.2) is 5.78 Å². The number of halogens is 1. The third-order valence-corrected chi connectivity index (χ3v) is 2.75. The Balaban J connectivity index is 2.60. The SMILES string of the molecule is CCOC(=O)C(S)CC(=O)c1ccc(Cl)cc1. The van der Waals surface area contributed by atoms with Gasteiger partial charge in [-0.05, 0) is 31.2 Å². The van der Waals surface area contributed by atoms with Crippen molar-refractivity contribution in [3.63, 3.8) is 0 Å². The topological polar surface area (TPSA) is 43.4 Å². The van der Waals surface area contributed by atoms with Gasteiger partial charge < -0.3 is 4.74 Å². The summed E-state index contributed by atoms with van der Waals surface area (Å²) in [6, 6.07) is 6.51. The fourth-order valence-corrected chi connectivity index (χ4v) is 1.62. The van der Waals surface area contributed by atoms with Gasteiger partial charge in [0.2, 0.25) is 0 Å². The van der Waals surface area contributed by atoms with Crippen LogP contribution in [0, 0.1) is 0 Å². The Labute approximate surface area is 111 Å². The largest absolute Gasteiger partial charge is 0.465 e. The van der Waals surface area contributed by atoms with Crippen LogP contribution in [-0.2, 0) is 9.53 Å². The van der Waals surface area contributed by atoms with Gasteiger partial charge >= 0.3 is 5.97 Å². The molecule has 0 saturated heterocycles. The number of ketones is 1. The maximum atomic E-state index is 11.8. The third-order valence-electron chi connectivity index (χ3n) is 2.10. The summed E-state index contributed by atoms with van der Waals surface area (Å²) in [5.41, 5.74) is 0.512. The standard InChI is InChI=1S/C12H13ClO3S/c1-2-16-12(15)11(17)7-10(14)8-3-5-9(13)6-4-8/h3-6,11,17H,2,7H2,1H3. The van der Waals surface area contributed by atoms with E-state index in [-0.39, 0.29) is 18.8 Å². The van der Waals surface area contributed by atoms with Crippen LogP contribution in [0.1, 0.15) is 23.7 Å². The Kier molecular flexibility index (Phi) is 5.51. The van der Waals surface area contributed by atoms with Crippen molar-refractivity contribution in [2.75, 3.05) is 6.61 Å². The lowest BCUT2D eigenvalue weighted by Crippen LogP contribution is -2.21. The Hall–Kier alpha value is -1.00. The second-order valence-electron chi connectivity index (χ2n) is 3.40. The molecule has 0 aliphatic carbocycles. The maximum Gasteiger partial charge on any atom is 0.319 e. The van der Waals surface area contributed by atoms with Crippen LogP contribution in [0.15, 0.2) is 24.3 Å². The molecular weight excluding hydrogens is 260 g/mol. The lowest BCUT2D eigenvalue weighted by atomic mass is 10.1. The molecule has 1 aromatic carbocycles. The number of benzene rings is 1. The minimum absolute atomic E-state index is 0.0174. The van der Waals surface area contributed by atoms with Gasteiger partial charge in [-0.15, -0.1) is 0 Å². The first kappa shape index (κ1) is 14.1. The molecule has 0 spiro atoms. The average Bonchev–Trinajstić information content (AvgIpc) is 2.30. The van der Waals surface area contributed by atoms with Gasteiger partial charge in [0.05, 0.1) is 6.61 Å². The number of esters is 1. The summed E-state index contributed by atoms with van der Waals surface area (Å²) in [4.78, 5) is 23.1. The molecular formula is C12H13ClO3S. The Bertz CT molecular complexity index is 403. The van der Waals surface area contributed by atoms with Crippen molar-refractivity contribution >= 4 is 36.0 Å². The van der Waals surface area contributed by atoms with Crippen molar-refractivity contribution in [3.8, 4) is 0 Å². The lowest BCUT2D eigenvalue weighted by Gasteiger charge is -2.08.